The standard InChI is InChI=1S/C57H86INO2S4/c1-9-12-15-18-21-23-25-27-29-32-35-42-40-46(63-50(42)51-48-49(53(65-51)57(7,8)58)55(61)59(54(48)60)39-34-31-20-17-14-11-3)44-37-38-45(62-44)47-41-43(52(64-47)56(4,5)6)36-33-30-28-26-24-22-19-16-13-10-2/h37-38,40-41H,9-36,39H2,1-8H3. The molecule has 0 bridgehead atoms. The van der Waals surface area contributed by atoms with Crippen molar-refractivity contribution in [2.24, 2.45) is 0 Å². The summed E-state index contributed by atoms with van der Waals surface area (Å²) < 4.78 is -0.269. The lowest BCUT2D eigenvalue weighted by Gasteiger charge is -2.19. The van der Waals surface area contributed by atoms with Gasteiger partial charge in [-0.25, -0.2) is 0 Å². The molecule has 0 saturated carbocycles. The highest BCUT2D eigenvalue weighted by atomic mass is 127. The molecule has 1 aliphatic rings. The molecule has 0 spiro atoms. The molecule has 0 aromatic carbocycles. The number of fused-ring (bicyclic) bond motifs is 1. The minimum atomic E-state index is -0.269. The van der Waals surface area contributed by atoms with Gasteiger partial charge < -0.3 is 0 Å². The first kappa shape index (κ1) is 54.6. The Kier molecular flexibility index (Phi) is 23.3. The molecule has 0 aliphatic carbocycles. The van der Waals surface area contributed by atoms with E-state index in [9.17, 15) is 9.59 Å². The molecule has 65 heavy (non-hydrogen) atoms. The molecule has 5 heterocycles. The predicted molar refractivity (Wildman–Crippen MR) is 300 cm³/mol. The summed E-state index contributed by atoms with van der Waals surface area (Å²) in [6.45, 7) is 18.9. The number of alkyl halides is 1. The van der Waals surface area contributed by atoms with E-state index in [1.165, 1.54) is 178 Å². The summed E-state index contributed by atoms with van der Waals surface area (Å²) in [5.74, 6) is -0.147. The van der Waals surface area contributed by atoms with Crippen LogP contribution in [-0.2, 0) is 21.7 Å². The van der Waals surface area contributed by atoms with Gasteiger partial charge in [-0.3, -0.25) is 14.5 Å². The van der Waals surface area contributed by atoms with Gasteiger partial charge in [-0.2, -0.15) is 0 Å². The van der Waals surface area contributed by atoms with E-state index in [-0.39, 0.29) is 20.7 Å². The monoisotopic (exact) mass is 1070 g/mol. The molecule has 0 unspecified atom stereocenters. The minimum Gasteiger partial charge on any atom is -0.274 e. The topological polar surface area (TPSA) is 37.4 Å². The van der Waals surface area contributed by atoms with Gasteiger partial charge in [0.05, 0.1) is 19.4 Å². The molecule has 0 atom stereocenters. The zero-order valence-corrected chi connectivity index (χ0v) is 47.5. The summed E-state index contributed by atoms with van der Waals surface area (Å²) in [5, 5.41) is 0. The molecule has 4 aromatic heterocycles. The summed E-state index contributed by atoms with van der Waals surface area (Å²) in [6.07, 6.45) is 35.8. The van der Waals surface area contributed by atoms with Crippen LogP contribution in [0.3, 0.4) is 0 Å². The molecular weight excluding hydrogens is 986 g/mol. The normalized spacial score (nSPS) is 13.3. The van der Waals surface area contributed by atoms with E-state index in [4.69, 9.17) is 0 Å². The smallest absolute Gasteiger partial charge is 0.263 e. The molecule has 8 heteroatoms. The molecule has 1 aliphatic heterocycles. The summed E-state index contributed by atoms with van der Waals surface area (Å²) in [7, 11) is 0. The molecule has 3 nitrogen and oxygen atoms in total. The third-order valence-corrected chi connectivity index (χ3v) is 20.1. The SMILES string of the molecule is CCCCCCCCCCCCc1cc(-c2ccc(-c3cc(CCCCCCCCCCCC)c(C(C)(C)C)s3)s2)sc1-c1sc(C(C)(C)I)c2c1C(=O)N(CCCCCCCC)C2=O. The van der Waals surface area contributed by atoms with Crippen LogP contribution in [0.5, 0.6) is 0 Å². The molecule has 0 saturated heterocycles. The zero-order valence-electron chi connectivity index (χ0n) is 42.1. The van der Waals surface area contributed by atoms with Gasteiger partial charge in [-0.05, 0) is 86.8 Å². The number of carbonyl (C=O) groups excluding carboxylic acids is 2. The Balaban J connectivity index is 1.37. The second-order valence-electron chi connectivity index (χ2n) is 20.7. The van der Waals surface area contributed by atoms with Crippen molar-refractivity contribution in [1.29, 1.82) is 0 Å². The summed E-state index contributed by atoms with van der Waals surface area (Å²) in [4.78, 5) is 40.5. The molecule has 2 amide bonds. The van der Waals surface area contributed by atoms with Crippen LogP contribution in [0, 0.1) is 0 Å². The number of imide groups is 1. The van der Waals surface area contributed by atoms with Gasteiger partial charge in [0.1, 0.15) is 0 Å². The Morgan fingerprint density at radius 2 is 0.862 bits per heavy atom. The van der Waals surface area contributed by atoms with E-state index in [1.807, 2.05) is 34.0 Å². The van der Waals surface area contributed by atoms with Gasteiger partial charge >= 0.3 is 0 Å². The lowest BCUT2D eigenvalue weighted by molar-refractivity contribution is 0.0651. The number of amides is 2. The van der Waals surface area contributed by atoms with E-state index in [2.05, 4.69) is 102 Å². The third kappa shape index (κ3) is 16.1. The average Bonchev–Trinajstić information content (AvgIpc) is 4.11. The Labute approximate surface area is 426 Å². The summed E-state index contributed by atoms with van der Waals surface area (Å²) >= 11 is 9.98. The van der Waals surface area contributed by atoms with E-state index in [0.717, 1.165) is 41.9 Å². The number of thiophene rings is 4. The van der Waals surface area contributed by atoms with Crippen molar-refractivity contribution in [2.45, 2.75) is 244 Å². The van der Waals surface area contributed by atoms with Crippen molar-refractivity contribution in [3.05, 3.63) is 56.3 Å². The maximum atomic E-state index is 14.5. The first-order valence-corrected chi connectivity index (χ1v) is 30.7. The average molecular weight is 1070 g/mol. The Hall–Kier alpha value is -1.33. The third-order valence-electron chi connectivity index (χ3n) is 13.3. The van der Waals surface area contributed by atoms with Crippen LogP contribution in [0.2, 0.25) is 0 Å². The highest BCUT2D eigenvalue weighted by Gasteiger charge is 2.44. The fourth-order valence-electron chi connectivity index (χ4n) is 9.54. The molecule has 0 N–H and O–H groups in total. The first-order chi connectivity index (χ1) is 31.3. The number of unbranched alkanes of at least 4 members (excludes halogenated alkanes) is 23. The van der Waals surface area contributed by atoms with E-state index < -0.39 is 0 Å². The summed E-state index contributed by atoms with van der Waals surface area (Å²) in [5.41, 5.74) is 4.38. The minimum absolute atomic E-state index is 0.0732. The van der Waals surface area contributed by atoms with Crippen LogP contribution in [0.1, 0.15) is 264 Å². The van der Waals surface area contributed by atoms with Crippen LogP contribution >= 0.6 is 67.9 Å². The molecule has 0 fully saturated rings. The maximum absolute atomic E-state index is 14.5. The second-order valence-corrected chi connectivity index (χ2v) is 27.6. The molecule has 362 valence electrons. The molecule has 0 radical (unpaired) electrons. The fraction of sp³-hybridized carbons (Fsp3) is 0.684. The van der Waals surface area contributed by atoms with Gasteiger partial charge in [0.15, 0.2) is 0 Å². The van der Waals surface area contributed by atoms with Crippen molar-refractivity contribution in [1.82, 2.24) is 4.90 Å². The second kappa shape index (κ2) is 27.8. The number of hydrogen-bond acceptors (Lipinski definition) is 6. The van der Waals surface area contributed by atoms with Crippen LogP contribution in [0.25, 0.3) is 29.3 Å². The number of hydrogen-bond donors (Lipinski definition) is 0. The van der Waals surface area contributed by atoms with Gasteiger partial charge in [0.25, 0.3) is 11.8 Å². The van der Waals surface area contributed by atoms with Gasteiger partial charge in [-0.1, -0.05) is 212 Å². The van der Waals surface area contributed by atoms with E-state index in [1.54, 1.807) is 26.7 Å². The Morgan fingerprint density at radius 1 is 0.446 bits per heavy atom. The predicted octanol–water partition coefficient (Wildman–Crippen LogP) is 20.8. The van der Waals surface area contributed by atoms with Crippen molar-refractivity contribution in [2.75, 3.05) is 6.54 Å². The highest BCUT2D eigenvalue weighted by molar-refractivity contribution is 14.1. The zero-order chi connectivity index (χ0) is 46.8. The largest absolute Gasteiger partial charge is 0.274 e. The molecular formula is C57H86INO2S4. The Morgan fingerprint density at radius 3 is 1.34 bits per heavy atom. The van der Waals surface area contributed by atoms with Gasteiger partial charge in [-0.15, -0.1) is 45.3 Å². The van der Waals surface area contributed by atoms with Gasteiger partial charge in [0.2, 0.25) is 0 Å². The van der Waals surface area contributed by atoms with Crippen molar-refractivity contribution < 1.29 is 9.59 Å². The quantitative estimate of drug-likeness (QED) is 0.0206. The fourth-order valence-corrected chi connectivity index (χ4v) is 15.2. The lowest BCUT2D eigenvalue weighted by atomic mass is 9.90. The van der Waals surface area contributed by atoms with E-state index in [0.29, 0.717) is 17.7 Å². The summed E-state index contributed by atoms with van der Waals surface area (Å²) in [6, 6.07) is 9.66. The maximum Gasteiger partial charge on any atom is 0.263 e. The van der Waals surface area contributed by atoms with Crippen molar-refractivity contribution in [3.63, 3.8) is 0 Å². The van der Waals surface area contributed by atoms with Crippen molar-refractivity contribution in [3.8, 4) is 29.3 Å². The molecule has 5 rings (SSSR count). The highest BCUT2D eigenvalue weighted by Crippen LogP contribution is 2.53. The Bertz CT molecular complexity index is 2030. The molecule has 4 aromatic rings. The number of aryl methyl sites for hydroxylation is 2. The number of nitrogens with zero attached hydrogens (tertiary/aromatic N) is 1. The van der Waals surface area contributed by atoms with E-state index >= 15 is 0 Å². The van der Waals surface area contributed by atoms with Crippen LogP contribution in [0.15, 0.2) is 24.3 Å². The number of rotatable bonds is 33. The number of carbonyl (C=O) groups is 2. The van der Waals surface area contributed by atoms with Crippen molar-refractivity contribution >= 4 is 79.8 Å². The number of halogens is 1. The van der Waals surface area contributed by atoms with Crippen LogP contribution < -0.4 is 0 Å². The first-order valence-electron chi connectivity index (χ1n) is 26.4. The van der Waals surface area contributed by atoms with Gasteiger partial charge in [0, 0.05) is 40.7 Å². The van der Waals surface area contributed by atoms with Crippen LogP contribution in [-0.4, -0.2) is 23.3 Å². The lowest BCUT2D eigenvalue weighted by Crippen LogP contribution is -2.31. The van der Waals surface area contributed by atoms with Crippen LogP contribution in [0.4, 0.5) is 0 Å².